The van der Waals surface area contributed by atoms with Crippen molar-refractivity contribution in [3.63, 3.8) is 0 Å². The second kappa shape index (κ2) is 5.19. The lowest BCUT2D eigenvalue weighted by molar-refractivity contribution is 1.08. The number of anilines is 1. The number of rotatable bonds is 3. The minimum absolute atomic E-state index is 0.700. The molecule has 0 saturated carbocycles. The number of aromatic nitrogens is 1. The van der Waals surface area contributed by atoms with Crippen LogP contribution in [0.25, 0.3) is 0 Å². The highest BCUT2D eigenvalue weighted by Crippen LogP contribution is 2.21. The zero-order chi connectivity index (χ0) is 12.3. The predicted molar refractivity (Wildman–Crippen MR) is 72.5 cm³/mol. The molecule has 17 heavy (non-hydrogen) atoms. The fourth-order valence-electron chi connectivity index (χ4n) is 1.82. The molecule has 2 aromatic rings. The van der Waals surface area contributed by atoms with E-state index in [1.54, 1.807) is 18.5 Å². The van der Waals surface area contributed by atoms with Gasteiger partial charge in [-0.3, -0.25) is 4.98 Å². The van der Waals surface area contributed by atoms with Gasteiger partial charge in [0.25, 0.3) is 0 Å². The number of hydrogen-bond donors (Lipinski definition) is 1. The molecule has 1 N–H and O–H groups in total. The average Bonchev–Trinajstić information content (AvgIpc) is 2.30. The summed E-state index contributed by atoms with van der Waals surface area (Å²) in [6.07, 6.45) is 3.43. The van der Waals surface area contributed by atoms with Gasteiger partial charge in [-0.2, -0.15) is 0 Å². The molecule has 0 atom stereocenters. The molecule has 0 unspecified atom stereocenters. The van der Waals surface area contributed by atoms with Gasteiger partial charge in [0.1, 0.15) is 0 Å². The first-order valence-electron chi connectivity index (χ1n) is 5.57. The molecule has 2 rings (SSSR count). The lowest BCUT2D eigenvalue weighted by Gasteiger charge is -2.12. The van der Waals surface area contributed by atoms with Gasteiger partial charge in [0.05, 0.1) is 16.9 Å². The maximum Gasteiger partial charge on any atom is 0.0718 e. The van der Waals surface area contributed by atoms with Crippen LogP contribution in [0.15, 0.2) is 36.7 Å². The number of halogens is 1. The SMILES string of the molecule is Cc1cccc(C)c1CNc1cnccc1Cl. The number of aryl methyl sites for hydroxylation is 2. The van der Waals surface area contributed by atoms with Crippen LogP contribution >= 0.6 is 11.6 Å². The molecule has 1 aromatic carbocycles. The lowest BCUT2D eigenvalue weighted by atomic mass is 10.0. The number of benzene rings is 1. The van der Waals surface area contributed by atoms with Crippen LogP contribution in [-0.2, 0) is 6.54 Å². The fraction of sp³-hybridized carbons (Fsp3) is 0.214. The highest BCUT2D eigenvalue weighted by Gasteiger charge is 2.03. The predicted octanol–water partition coefficient (Wildman–Crippen LogP) is 3.96. The average molecular weight is 247 g/mol. The largest absolute Gasteiger partial charge is 0.378 e. The highest BCUT2D eigenvalue weighted by molar-refractivity contribution is 6.33. The smallest absolute Gasteiger partial charge is 0.0718 e. The third-order valence-corrected chi connectivity index (χ3v) is 3.20. The third-order valence-electron chi connectivity index (χ3n) is 2.87. The van der Waals surface area contributed by atoms with E-state index in [1.807, 2.05) is 0 Å². The minimum atomic E-state index is 0.700. The monoisotopic (exact) mass is 246 g/mol. The van der Waals surface area contributed by atoms with E-state index in [4.69, 9.17) is 11.6 Å². The summed E-state index contributed by atoms with van der Waals surface area (Å²) >= 11 is 6.07. The number of nitrogens with one attached hydrogen (secondary N) is 1. The molecule has 2 nitrogen and oxygen atoms in total. The Bertz CT molecular complexity index is 503. The van der Waals surface area contributed by atoms with Gasteiger partial charge in [-0.15, -0.1) is 0 Å². The second-order valence-electron chi connectivity index (χ2n) is 4.08. The maximum atomic E-state index is 6.07. The first-order valence-corrected chi connectivity index (χ1v) is 5.95. The van der Waals surface area contributed by atoms with E-state index in [-0.39, 0.29) is 0 Å². The molecule has 0 spiro atoms. The van der Waals surface area contributed by atoms with Gasteiger partial charge in [0.15, 0.2) is 0 Å². The molecule has 0 saturated heterocycles. The van der Waals surface area contributed by atoms with Crippen molar-refractivity contribution in [2.45, 2.75) is 20.4 Å². The van der Waals surface area contributed by atoms with E-state index in [2.05, 4.69) is 42.3 Å². The minimum Gasteiger partial charge on any atom is -0.378 e. The topological polar surface area (TPSA) is 24.9 Å². The standard InChI is InChI=1S/C14H15ClN2/c1-10-4-3-5-11(2)12(10)8-17-14-9-16-7-6-13(14)15/h3-7,9,17H,8H2,1-2H3. The zero-order valence-corrected chi connectivity index (χ0v) is 10.8. The molecule has 0 amide bonds. The number of hydrogen-bond acceptors (Lipinski definition) is 2. The molecule has 1 heterocycles. The van der Waals surface area contributed by atoms with E-state index < -0.39 is 0 Å². The van der Waals surface area contributed by atoms with Crippen LogP contribution in [0.2, 0.25) is 5.02 Å². The Labute approximate surface area is 107 Å². The number of nitrogens with zero attached hydrogens (tertiary/aromatic N) is 1. The Morgan fingerprint density at radius 1 is 1.18 bits per heavy atom. The quantitative estimate of drug-likeness (QED) is 0.887. The van der Waals surface area contributed by atoms with Crippen molar-refractivity contribution in [3.05, 3.63) is 58.4 Å². The van der Waals surface area contributed by atoms with Gasteiger partial charge >= 0.3 is 0 Å². The molecule has 1 aromatic heterocycles. The molecular weight excluding hydrogens is 232 g/mol. The van der Waals surface area contributed by atoms with Crippen molar-refractivity contribution in [2.24, 2.45) is 0 Å². The Kier molecular flexibility index (Phi) is 3.64. The molecular formula is C14H15ClN2. The van der Waals surface area contributed by atoms with Gasteiger partial charge in [0.2, 0.25) is 0 Å². The number of pyridine rings is 1. The van der Waals surface area contributed by atoms with E-state index in [9.17, 15) is 0 Å². The molecule has 0 aliphatic heterocycles. The Hall–Kier alpha value is -1.54. The Balaban J connectivity index is 2.16. The van der Waals surface area contributed by atoms with Gasteiger partial charge in [-0.1, -0.05) is 29.8 Å². The van der Waals surface area contributed by atoms with Crippen molar-refractivity contribution >= 4 is 17.3 Å². The third kappa shape index (κ3) is 2.77. The van der Waals surface area contributed by atoms with E-state index in [0.717, 1.165) is 12.2 Å². The fourth-order valence-corrected chi connectivity index (χ4v) is 1.99. The molecule has 0 aliphatic rings. The maximum absolute atomic E-state index is 6.07. The highest BCUT2D eigenvalue weighted by atomic mass is 35.5. The summed E-state index contributed by atoms with van der Waals surface area (Å²) in [6.45, 7) is 5.01. The van der Waals surface area contributed by atoms with Crippen LogP contribution in [0.4, 0.5) is 5.69 Å². The first-order chi connectivity index (χ1) is 8.18. The van der Waals surface area contributed by atoms with E-state index in [0.29, 0.717) is 5.02 Å². The van der Waals surface area contributed by atoms with Gasteiger partial charge < -0.3 is 5.32 Å². The van der Waals surface area contributed by atoms with Gasteiger partial charge in [-0.25, -0.2) is 0 Å². The summed E-state index contributed by atoms with van der Waals surface area (Å²) in [5.74, 6) is 0. The molecule has 0 radical (unpaired) electrons. The molecule has 0 bridgehead atoms. The van der Waals surface area contributed by atoms with E-state index >= 15 is 0 Å². The van der Waals surface area contributed by atoms with E-state index in [1.165, 1.54) is 16.7 Å². The van der Waals surface area contributed by atoms with Crippen molar-refractivity contribution < 1.29 is 0 Å². The molecule has 3 heteroatoms. The zero-order valence-electron chi connectivity index (χ0n) is 10.00. The van der Waals surface area contributed by atoms with Crippen molar-refractivity contribution in [2.75, 3.05) is 5.32 Å². The van der Waals surface area contributed by atoms with Gasteiger partial charge in [-0.05, 0) is 36.6 Å². The van der Waals surface area contributed by atoms with Crippen molar-refractivity contribution in [3.8, 4) is 0 Å². The van der Waals surface area contributed by atoms with Crippen molar-refractivity contribution in [1.29, 1.82) is 0 Å². The molecule has 88 valence electrons. The van der Waals surface area contributed by atoms with Crippen LogP contribution < -0.4 is 5.32 Å². The van der Waals surface area contributed by atoms with Crippen LogP contribution in [0.5, 0.6) is 0 Å². The molecule has 0 aliphatic carbocycles. The van der Waals surface area contributed by atoms with Crippen LogP contribution in [0.1, 0.15) is 16.7 Å². The summed E-state index contributed by atoms with van der Waals surface area (Å²) in [4.78, 5) is 4.06. The van der Waals surface area contributed by atoms with Crippen LogP contribution in [0.3, 0.4) is 0 Å². The van der Waals surface area contributed by atoms with Crippen LogP contribution in [0, 0.1) is 13.8 Å². The van der Waals surface area contributed by atoms with Crippen molar-refractivity contribution in [1.82, 2.24) is 4.98 Å². The summed E-state index contributed by atoms with van der Waals surface area (Å²) in [6, 6.07) is 8.10. The second-order valence-corrected chi connectivity index (χ2v) is 4.49. The molecule has 0 fully saturated rings. The normalized spacial score (nSPS) is 10.3. The van der Waals surface area contributed by atoms with Gasteiger partial charge in [0, 0.05) is 12.7 Å². The summed E-state index contributed by atoms with van der Waals surface area (Å²) in [5.41, 5.74) is 4.76. The Morgan fingerprint density at radius 2 is 1.88 bits per heavy atom. The lowest BCUT2D eigenvalue weighted by Crippen LogP contribution is -2.04. The van der Waals surface area contributed by atoms with Crippen LogP contribution in [-0.4, -0.2) is 4.98 Å². The Morgan fingerprint density at radius 3 is 2.53 bits per heavy atom. The summed E-state index contributed by atoms with van der Waals surface area (Å²) < 4.78 is 0. The summed E-state index contributed by atoms with van der Waals surface area (Å²) in [5, 5.41) is 4.02. The summed E-state index contributed by atoms with van der Waals surface area (Å²) in [7, 11) is 0. The first kappa shape index (κ1) is 11.9.